The average Bonchev–Trinajstić information content (AvgIpc) is 2.97. The molecule has 0 radical (unpaired) electrons. The first-order valence-corrected chi connectivity index (χ1v) is 10.7. The first-order chi connectivity index (χ1) is 13.9. The van der Waals surface area contributed by atoms with Gasteiger partial charge in [-0.1, -0.05) is 24.4 Å². The van der Waals surface area contributed by atoms with E-state index in [-0.39, 0.29) is 22.9 Å². The summed E-state index contributed by atoms with van der Waals surface area (Å²) >= 11 is 7.28. The summed E-state index contributed by atoms with van der Waals surface area (Å²) in [5.74, 6) is -1.17. The maximum Gasteiger partial charge on any atom is 0.341 e. The second-order valence-electron chi connectivity index (χ2n) is 6.72. The molecule has 0 spiro atoms. The minimum absolute atomic E-state index is 0.155. The summed E-state index contributed by atoms with van der Waals surface area (Å²) in [6.07, 6.45) is 5.77. The third-order valence-electron chi connectivity index (χ3n) is 4.78. The Morgan fingerprint density at radius 1 is 1.24 bits per heavy atom. The van der Waals surface area contributed by atoms with E-state index in [1.165, 1.54) is 29.5 Å². The highest BCUT2D eigenvalue weighted by Gasteiger charge is 2.28. The van der Waals surface area contributed by atoms with E-state index in [0.717, 1.165) is 49.0 Å². The summed E-state index contributed by atoms with van der Waals surface area (Å²) in [6, 6.07) is 3.80. The number of ether oxygens (including phenoxy) is 1. The molecule has 0 saturated carbocycles. The second kappa shape index (κ2) is 9.37. The van der Waals surface area contributed by atoms with Crippen LogP contribution in [0.1, 0.15) is 63.8 Å². The average molecular weight is 437 g/mol. The van der Waals surface area contributed by atoms with E-state index >= 15 is 0 Å². The van der Waals surface area contributed by atoms with Crippen LogP contribution in [0.5, 0.6) is 0 Å². The molecule has 7 nitrogen and oxygen atoms in total. The molecular weight excluding hydrogens is 416 g/mol. The van der Waals surface area contributed by atoms with Gasteiger partial charge in [0.05, 0.1) is 17.1 Å². The minimum Gasteiger partial charge on any atom is -0.462 e. The molecule has 2 aromatic rings. The number of anilines is 1. The SMILES string of the molecule is CCOC(=O)c1c(NC(=O)c2cc(Cl)ccc2[N+](=O)[O-])sc2c1CCCCCC2. The maximum atomic E-state index is 12.9. The molecule has 1 heterocycles. The third kappa shape index (κ3) is 4.76. The fourth-order valence-electron chi connectivity index (χ4n) is 3.45. The normalized spacial score (nSPS) is 13.7. The van der Waals surface area contributed by atoms with Crippen LogP contribution in [-0.4, -0.2) is 23.4 Å². The van der Waals surface area contributed by atoms with Crippen LogP contribution in [0.25, 0.3) is 0 Å². The monoisotopic (exact) mass is 436 g/mol. The van der Waals surface area contributed by atoms with Crippen LogP contribution >= 0.6 is 22.9 Å². The van der Waals surface area contributed by atoms with Crippen molar-refractivity contribution in [2.45, 2.75) is 45.4 Å². The molecule has 3 rings (SSSR count). The molecule has 0 fully saturated rings. The van der Waals surface area contributed by atoms with Gasteiger partial charge in [-0.05, 0) is 50.3 Å². The zero-order chi connectivity index (χ0) is 21.0. The van der Waals surface area contributed by atoms with Gasteiger partial charge in [-0.15, -0.1) is 11.3 Å². The molecule has 29 heavy (non-hydrogen) atoms. The lowest BCUT2D eigenvalue weighted by molar-refractivity contribution is -0.385. The van der Waals surface area contributed by atoms with Gasteiger partial charge in [-0.3, -0.25) is 14.9 Å². The molecule has 1 N–H and O–H groups in total. The number of aryl methyl sites for hydroxylation is 1. The van der Waals surface area contributed by atoms with Crippen molar-refractivity contribution in [2.75, 3.05) is 11.9 Å². The van der Waals surface area contributed by atoms with E-state index in [2.05, 4.69) is 5.32 Å². The lowest BCUT2D eigenvalue weighted by atomic mass is 9.96. The number of fused-ring (bicyclic) bond motifs is 1. The van der Waals surface area contributed by atoms with Crippen molar-refractivity contribution in [3.05, 3.63) is 54.9 Å². The number of nitro groups is 1. The van der Waals surface area contributed by atoms with E-state index in [1.54, 1.807) is 6.92 Å². The molecule has 1 aliphatic rings. The number of nitro benzene ring substituents is 1. The fraction of sp³-hybridized carbons (Fsp3) is 0.400. The smallest absolute Gasteiger partial charge is 0.341 e. The Kier molecular flexibility index (Phi) is 6.87. The number of hydrogen-bond donors (Lipinski definition) is 1. The molecule has 1 aliphatic carbocycles. The van der Waals surface area contributed by atoms with Gasteiger partial charge < -0.3 is 10.1 Å². The second-order valence-corrected chi connectivity index (χ2v) is 8.26. The first kappa shape index (κ1) is 21.3. The van der Waals surface area contributed by atoms with Gasteiger partial charge in [-0.2, -0.15) is 0 Å². The molecular formula is C20H21ClN2O5S. The molecule has 0 saturated heterocycles. The Labute approximate surface area is 177 Å². The van der Waals surface area contributed by atoms with Crippen molar-refractivity contribution in [1.82, 2.24) is 0 Å². The molecule has 9 heteroatoms. The zero-order valence-electron chi connectivity index (χ0n) is 16.0. The van der Waals surface area contributed by atoms with Crippen LogP contribution in [0.2, 0.25) is 5.02 Å². The van der Waals surface area contributed by atoms with Crippen LogP contribution in [0, 0.1) is 10.1 Å². The summed E-state index contributed by atoms with van der Waals surface area (Å²) in [7, 11) is 0. The van der Waals surface area contributed by atoms with Crippen LogP contribution in [0.3, 0.4) is 0 Å². The van der Waals surface area contributed by atoms with Gasteiger partial charge in [-0.25, -0.2) is 4.79 Å². The molecule has 0 bridgehead atoms. The molecule has 0 aliphatic heterocycles. The van der Waals surface area contributed by atoms with Crippen molar-refractivity contribution in [2.24, 2.45) is 0 Å². The number of hydrogen-bond acceptors (Lipinski definition) is 6. The Balaban J connectivity index is 2.01. The fourth-order valence-corrected chi connectivity index (χ4v) is 4.89. The Morgan fingerprint density at radius 2 is 1.97 bits per heavy atom. The van der Waals surface area contributed by atoms with Crippen LogP contribution in [-0.2, 0) is 17.6 Å². The van der Waals surface area contributed by atoms with Crippen molar-refractivity contribution >= 4 is 45.5 Å². The number of carbonyl (C=O) groups is 2. The highest BCUT2D eigenvalue weighted by molar-refractivity contribution is 7.17. The summed E-state index contributed by atoms with van der Waals surface area (Å²) in [5.41, 5.74) is 0.786. The van der Waals surface area contributed by atoms with Crippen LogP contribution in [0.4, 0.5) is 10.7 Å². The maximum absolute atomic E-state index is 12.9. The van der Waals surface area contributed by atoms with Gasteiger partial charge in [0.25, 0.3) is 11.6 Å². The standard InChI is InChI=1S/C20H21ClN2O5S/c1-2-28-20(25)17-13-7-5-3-4-6-8-16(13)29-19(17)22-18(24)14-11-12(21)9-10-15(14)23(26)27/h9-11H,2-8H2,1H3,(H,22,24). The predicted molar refractivity (Wildman–Crippen MR) is 112 cm³/mol. The number of rotatable bonds is 5. The molecule has 0 unspecified atom stereocenters. The van der Waals surface area contributed by atoms with E-state index in [1.807, 2.05) is 0 Å². The van der Waals surface area contributed by atoms with Gasteiger partial charge in [0.15, 0.2) is 0 Å². The summed E-state index contributed by atoms with van der Waals surface area (Å²) in [4.78, 5) is 37.2. The zero-order valence-corrected chi connectivity index (χ0v) is 17.5. The van der Waals surface area contributed by atoms with Crippen LogP contribution in [0.15, 0.2) is 18.2 Å². The summed E-state index contributed by atoms with van der Waals surface area (Å²) in [6.45, 7) is 1.94. The molecule has 0 atom stereocenters. The molecule has 1 aromatic heterocycles. The van der Waals surface area contributed by atoms with Crippen LogP contribution < -0.4 is 5.32 Å². The van der Waals surface area contributed by atoms with Gasteiger partial charge >= 0.3 is 5.97 Å². The number of thiophene rings is 1. The number of nitrogens with zero attached hydrogens (tertiary/aromatic N) is 1. The van der Waals surface area contributed by atoms with Gasteiger partial charge in [0.2, 0.25) is 0 Å². The number of halogens is 1. The molecule has 1 amide bonds. The number of nitrogens with one attached hydrogen (secondary N) is 1. The molecule has 154 valence electrons. The topological polar surface area (TPSA) is 98.5 Å². The predicted octanol–water partition coefficient (Wildman–Crippen LogP) is 5.40. The van der Waals surface area contributed by atoms with E-state index < -0.39 is 16.8 Å². The third-order valence-corrected chi connectivity index (χ3v) is 6.22. The quantitative estimate of drug-likeness (QED) is 0.384. The van der Waals surface area contributed by atoms with E-state index in [9.17, 15) is 19.7 Å². The summed E-state index contributed by atoms with van der Waals surface area (Å²) in [5, 5.41) is 14.6. The Hall–Kier alpha value is -2.45. The van der Waals surface area contributed by atoms with E-state index in [4.69, 9.17) is 16.3 Å². The van der Waals surface area contributed by atoms with Gasteiger partial charge in [0, 0.05) is 16.0 Å². The number of carbonyl (C=O) groups excluding carboxylic acids is 2. The lowest BCUT2D eigenvalue weighted by Gasteiger charge is -2.11. The number of amides is 1. The highest BCUT2D eigenvalue weighted by atomic mass is 35.5. The molecule has 1 aromatic carbocycles. The summed E-state index contributed by atoms with van der Waals surface area (Å²) < 4.78 is 5.22. The van der Waals surface area contributed by atoms with Crippen molar-refractivity contribution in [3.8, 4) is 0 Å². The van der Waals surface area contributed by atoms with Crippen molar-refractivity contribution in [3.63, 3.8) is 0 Å². The highest BCUT2D eigenvalue weighted by Crippen LogP contribution is 2.38. The number of esters is 1. The lowest BCUT2D eigenvalue weighted by Crippen LogP contribution is -2.16. The Bertz CT molecular complexity index is 957. The first-order valence-electron chi connectivity index (χ1n) is 9.49. The minimum atomic E-state index is -0.682. The van der Waals surface area contributed by atoms with Crippen molar-refractivity contribution in [1.29, 1.82) is 0 Å². The van der Waals surface area contributed by atoms with Gasteiger partial charge in [0.1, 0.15) is 10.6 Å². The van der Waals surface area contributed by atoms with E-state index in [0.29, 0.717) is 10.6 Å². The Morgan fingerprint density at radius 3 is 2.66 bits per heavy atom. The largest absolute Gasteiger partial charge is 0.462 e. The number of benzene rings is 1. The van der Waals surface area contributed by atoms with Crippen molar-refractivity contribution < 1.29 is 19.2 Å².